The zero-order valence-corrected chi connectivity index (χ0v) is 15.0. The lowest BCUT2D eigenvalue weighted by Gasteiger charge is -2.06. The van der Waals surface area contributed by atoms with Gasteiger partial charge in [0.05, 0.1) is 26.4 Å². The fraction of sp³-hybridized carbons (Fsp3) is 0.118. The minimum absolute atomic E-state index is 0.153. The molecule has 2 aromatic carbocycles. The van der Waals surface area contributed by atoms with Crippen molar-refractivity contribution in [3.8, 4) is 6.07 Å². The summed E-state index contributed by atoms with van der Waals surface area (Å²) in [6.45, 7) is 0.153. The number of rotatable bonds is 3. The molecular formula is C17H10ClF3N4OS. The maximum atomic E-state index is 12.7. The number of aromatic nitrogens is 1. The van der Waals surface area contributed by atoms with Crippen LogP contribution in [0.5, 0.6) is 0 Å². The Balaban J connectivity index is 1.65. The number of carbonyl (C=O) groups is 1. The van der Waals surface area contributed by atoms with Crippen LogP contribution in [0.4, 0.5) is 23.1 Å². The number of anilines is 1. The Morgan fingerprint density at radius 1 is 1.26 bits per heavy atom. The van der Waals surface area contributed by atoms with Gasteiger partial charge in [-0.25, -0.2) is 9.78 Å². The average molecular weight is 411 g/mol. The molecule has 2 N–H and O–H groups in total. The van der Waals surface area contributed by atoms with Crippen molar-refractivity contribution >= 4 is 44.3 Å². The van der Waals surface area contributed by atoms with Crippen molar-refractivity contribution in [3.63, 3.8) is 0 Å². The lowest BCUT2D eigenvalue weighted by molar-refractivity contribution is -0.137. The van der Waals surface area contributed by atoms with E-state index < -0.39 is 17.8 Å². The second kappa shape index (κ2) is 7.42. The van der Waals surface area contributed by atoms with E-state index in [0.29, 0.717) is 21.3 Å². The van der Waals surface area contributed by atoms with Crippen LogP contribution in [0.15, 0.2) is 36.4 Å². The van der Waals surface area contributed by atoms with E-state index in [1.165, 1.54) is 6.07 Å². The molecule has 27 heavy (non-hydrogen) atoms. The molecule has 1 heterocycles. The molecule has 10 heteroatoms. The van der Waals surface area contributed by atoms with Crippen LogP contribution in [-0.2, 0) is 12.7 Å². The minimum Gasteiger partial charge on any atom is -0.334 e. The van der Waals surface area contributed by atoms with Gasteiger partial charge in [-0.3, -0.25) is 5.32 Å². The summed E-state index contributed by atoms with van der Waals surface area (Å²) in [4.78, 5) is 16.1. The Morgan fingerprint density at radius 3 is 2.70 bits per heavy atom. The molecule has 0 unspecified atom stereocenters. The van der Waals surface area contributed by atoms with Crippen molar-refractivity contribution in [3.05, 3.63) is 58.1 Å². The summed E-state index contributed by atoms with van der Waals surface area (Å²) in [5.74, 6) is 0. The average Bonchev–Trinajstić information content (AvgIpc) is 3.00. The number of carbonyl (C=O) groups excluding carboxylic acids is 1. The quantitative estimate of drug-likeness (QED) is 0.625. The number of amides is 2. The van der Waals surface area contributed by atoms with Crippen molar-refractivity contribution in [2.45, 2.75) is 12.7 Å². The maximum Gasteiger partial charge on any atom is 0.416 e. The van der Waals surface area contributed by atoms with Gasteiger partial charge >= 0.3 is 12.2 Å². The predicted octanol–water partition coefficient (Wildman–Crippen LogP) is 5.16. The van der Waals surface area contributed by atoms with E-state index in [1.807, 2.05) is 6.07 Å². The van der Waals surface area contributed by atoms with Crippen LogP contribution in [0.2, 0.25) is 5.02 Å². The van der Waals surface area contributed by atoms with Gasteiger partial charge in [0.25, 0.3) is 0 Å². The van der Waals surface area contributed by atoms with E-state index in [0.717, 1.165) is 23.5 Å². The summed E-state index contributed by atoms with van der Waals surface area (Å²) >= 11 is 6.87. The van der Waals surface area contributed by atoms with E-state index in [1.54, 1.807) is 18.2 Å². The topological polar surface area (TPSA) is 77.8 Å². The molecule has 3 rings (SSSR count). The van der Waals surface area contributed by atoms with Crippen LogP contribution in [0.25, 0.3) is 10.2 Å². The van der Waals surface area contributed by atoms with Crippen molar-refractivity contribution in [1.29, 1.82) is 5.26 Å². The molecule has 138 valence electrons. The van der Waals surface area contributed by atoms with Crippen molar-refractivity contribution < 1.29 is 18.0 Å². The molecule has 2 amide bonds. The number of hydrogen-bond donors (Lipinski definition) is 2. The second-order valence-corrected chi connectivity index (χ2v) is 6.87. The molecule has 3 aromatic rings. The molecule has 0 spiro atoms. The highest BCUT2D eigenvalue weighted by Crippen LogP contribution is 2.34. The summed E-state index contributed by atoms with van der Waals surface area (Å²) in [5.41, 5.74) is 0.611. The fourth-order valence-corrected chi connectivity index (χ4v) is 3.38. The monoisotopic (exact) mass is 410 g/mol. The number of fused-ring (bicyclic) bond motifs is 1. The number of nitrogens with one attached hydrogen (secondary N) is 2. The summed E-state index contributed by atoms with van der Waals surface area (Å²) in [6.07, 6.45) is -4.44. The molecule has 0 atom stereocenters. The van der Waals surface area contributed by atoms with Gasteiger partial charge in [-0.15, -0.1) is 0 Å². The number of halogens is 4. The van der Waals surface area contributed by atoms with Gasteiger partial charge in [-0.1, -0.05) is 29.0 Å². The standard InChI is InChI=1S/C17H10ClF3N4OS/c18-12-5-9(1-2-10(12)7-22)8-23-15(26)25-16-24-13-4-3-11(17(19,20)21)6-14(13)27-16/h1-6H,8H2,(H2,23,24,25,26). The molecule has 0 saturated carbocycles. The SMILES string of the molecule is N#Cc1ccc(CNC(=O)Nc2nc3ccc(C(F)(F)F)cc3s2)cc1Cl. The van der Waals surface area contributed by atoms with Gasteiger partial charge in [0.15, 0.2) is 5.13 Å². The lowest BCUT2D eigenvalue weighted by atomic mass is 10.1. The first-order chi connectivity index (χ1) is 12.8. The van der Waals surface area contributed by atoms with Gasteiger partial charge in [-0.05, 0) is 35.9 Å². The Kier molecular flexibility index (Phi) is 5.21. The Hall–Kier alpha value is -2.83. The van der Waals surface area contributed by atoms with Crippen molar-refractivity contribution in [2.75, 3.05) is 5.32 Å². The maximum absolute atomic E-state index is 12.7. The Bertz CT molecular complexity index is 1060. The van der Waals surface area contributed by atoms with E-state index in [-0.39, 0.29) is 16.7 Å². The Morgan fingerprint density at radius 2 is 2.04 bits per heavy atom. The number of benzene rings is 2. The molecule has 0 aliphatic carbocycles. The van der Waals surface area contributed by atoms with E-state index in [9.17, 15) is 18.0 Å². The predicted molar refractivity (Wildman–Crippen MR) is 96.6 cm³/mol. The first-order valence-corrected chi connectivity index (χ1v) is 8.67. The first kappa shape index (κ1) is 18.9. The highest BCUT2D eigenvalue weighted by molar-refractivity contribution is 7.22. The van der Waals surface area contributed by atoms with Crippen LogP contribution in [-0.4, -0.2) is 11.0 Å². The summed E-state index contributed by atoms with van der Waals surface area (Å²) in [5, 5.41) is 14.4. The van der Waals surface area contributed by atoms with Crippen LogP contribution in [0.3, 0.4) is 0 Å². The van der Waals surface area contributed by atoms with Gasteiger partial charge in [0, 0.05) is 6.54 Å². The smallest absolute Gasteiger partial charge is 0.334 e. The number of thiazole rings is 1. The van der Waals surface area contributed by atoms with Crippen LogP contribution < -0.4 is 10.6 Å². The zero-order chi connectivity index (χ0) is 19.6. The molecular weight excluding hydrogens is 401 g/mol. The third kappa shape index (κ3) is 4.48. The molecule has 0 saturated heterocycles. The number of hydrogen-bond acceptors (Lipinski definition) is 4. The number of nitrogens with zero attached hydrogens (tertiary/aromatic N) is 2. The largest absolute Gasteiger partial charge is 0.416 e. The summed E-state index contributed by atoms with van der Waals surface area (Å²) < 4.78 is 38.6. The minimum atomic E-state index is -4.44. The molecule has 1 aromatic heterocycles. The lowest BCUT2D eigenvalue weighted by Crippen LogP contribution is -2.28. The van der Waals surface area contributed by atoms with Gasteiger partial charge in [0.2, 0.25) is 0 Å². The second-order valence-electron chi connectivity index (χ2n) is 5.43. The Labute approximate surface area is 160 Å². The third-order valence-electron chi connectivity index (χ3n) is 3.54. The number of alkyl halides is 3. The number of nitriles is 1. The van der Waals surface area contributed by atoms with Crippen molar-refractivity contribution in [2.24, 2.45) is 0 Å². The van der Waals surface area contributed by atoms with Crippen molar-refractivity contribution in [1.82, 2.24) is 10.3 Å². The first-order valence-electron chi connectivity index (χ1n) is 7.47. The highest BCUT2D eigenvalue weighted by atomic mass is 35.5. The summed E-state index contributed by atoms with van der Waals surface area (Å²) in [7, 11) is 0. The molecule has 0 aliphatic heterocycles. The van der Waals surface area contributed by atoms with E-state index in [2.05, 4.69) is 15.6 Å². The van der Waals surface area contributed by atoms with Gasteiger partial charge in [0.1, 0.15) is 6.07 Å². The molecule has 0 fully saturated rings. The molecule has 0 radical (unpaired) electrons. The van der Waals surface area contributed by atoms with Gasteiger partial charge in [-0.2, -0.15) is 18.4 Å². The number of urea groups is 1. The molecule has 0 aliphatic rings. The van der Waals surface area contributed by atoms with E-state index >= 15 is 0 Å². The summed E-state index contributed by atoms with van der Waals surface area (Å²) in [6, 6.07) is 9.34. The van der Waals surface area contributed by atoms with Crippen LogP contribution >= 0.6 is 22.9 Å². The molecule has 5 nitrogen and oxygen atoms in total. The highest BCUT2D eigenvalue weighted by Gasteiger charge is 2.30. The van der Waals surface area contributed by atoms with Gasteiger partial charge < -0.3 is 5.32 Å². The molecule has 0 bridgehead atoms. The normalized spacial score (nSPS) is 11.2. The fourth-order valence-electron chi connectivity index (χ4n) is 2.24. The van der Waals surface area contributed by atoms with Crippen LogP contribution in [0, 0.1) is 11.3 Å². The zero-order valence-electron chi connectivity index (χ0n) is 13.4. The van der Waals surface area contributed by atoms with Crippen LogP contribution in [0.1, 0.15) is 16.7 Å². The van der Waals surface area contributed by atoms with E-state index in [4.69, 9.17) is 16.9 Å². The third-order valence-corrected chi connectivity index (χ3v) is 4.79.